The van der Waals surface area contributed by atoms with Gasteiger partial charge in [-0.1, -0.05) is 0 Å². The fourth-order valence-corrected chi connectivity index (χ4v) is 3.24. The molecule has 114 valence electrons. The van der Waals surface area contributed by atoms with Crippen LogP contribution in [0.25, 0.3) is 0 Å². The van der Waals surface area contributed by atoms with Gasteiger partial charge in [0, 0.05) is 0 Å². The van der Waals surface area contributed by atoms with Crippen molar-refractivity contribution in [1.82, 2.24) is 0 Å². The molecule has 0 N–H and O–H groups in total. The Morgan fingerprint density at radius 2 is 1.60 bits per heavy atom. The average Bonchev–Trinajstić information content (AvgIpc) is 2.29. The number of halogens is 3. The van der Waals surface area contributed by atoms with Gasteiger partial charge in [-0.05, 0) is 0 Å². The van der Waals surface area contributed by atoms with E-state index in [-0.39, 0.29) is 20.9 Å². The molecule has 0 unspecified atom stereocenters. The first-order chi connectivity index (χ1) is 9.00. The SMILES string of the molecule is C[Te]C(c1ccccc1)=[N+](C)C.O=S(=O)([O-])C(F)(F)F. The van der Waals surface area contributed by atoms with Crippen LogP contribution in [0.5, 0.6) is 0 Å². The summed E-state index contributed by atoms with van der Waals surface area (Å²) < 4.78 is 62.7. The van der Waals surface area contributed by atoms with E-state index in [1.807, 2.05) is 0 Å². The number of rotatable bonds is 2. The Balaban J connectivity index is 0.000000396. The van der Waals surface area contributed by atoms with E-state index in [4.69, 9.17) is 13.0 Å². The zero-order valence-corrected chi connectivity index (χ0v) is 14.2. The summed E-state index contributed by atoms with van der Waals surface area (Å²) in [5, 5.41) is 0. The molecule has 20 heavy (non-hydrogen) atoms. The molecule has 0 amide bonds. The van der Waals surface area contributed by atoms with Crippen LogP contribution in [0.2, 0.25) is 4.97 Å². The molecule has 1 rings (SSSR count). The molecule has 0 spiro atoms. The summed E-state index contributed by atoms with van der Waals surface area (Å²) in [5.41, 5.74) is -4.26. The second-order valence-corrected chi connectivity index (χ2v) is 7.31. The third kappa shape index (κ3) is 6.70. The summed E-state index contributed by atoms with van der Waals surface area (Å²) >= 11 is -0.00123. The molecule has 9 heteroatoms. The quantitative estimate of drug-likeness (QED) is 0.238. The molecule has 0 bridgehead atoms. The van der Waals surface area contributed by atoms with E-state index >= 15 is 0 Å². The fourth-order valence-electron chi connectivity index (χ4n) is 1.14. The molecule has 1 aromatic carbocycles. The second kappa shape index (κ2) is 7.98. The van der Waals surface area contributed by atoms with Gasteiger partial charge in [0.2, 0.25) is 0 Å². The predicted molar refractivity (Wildman–Crippen MR) is 70.0 cm³/mol. The van der Waals surface area contributed by atoms with E-state index in [1.165, 1.54) is 9.32 Å². The number of hydrogen-bond donors (Lipinski definition) is 0. The zero-order chi connectivity index (χ0) is 16.0. The summed E-state index contributed by atoms with van der Waals surface area (Å²) in [6.45, 7) is 0. The molecule has 4 nitrogen and oxygen atoms in total. The molecule has 0 atom stereocenters. The van der Waals surface area contributed by atoms with E-state index in [2.05, 4.69) is 54.0 Å². The Labute approximate surface area is 126 Å². The Kier molecular flexibility index (Phi) is 7.73. The van der Waals surface area contributed by atoms with Crippen LogP contribution in [-0.2, 0) is 10.1 Å². The summed E-state index contributed by atoms with van der Waals surface area (Å²) in [6.07, 6.45) is 0. The molecule has 0 radical (unpaired) electrons. The normalized spacial score (nSPS) is 11.3. The van der Waals surface area contributed by atoms with Gasteiger partial charge in [-0.3, -0.25) is 0 Å². The van der Waals surface area contributed by atoms with Crippen LogP contribution in [0.3, 0.4) is 0 Å². The number of alkyl halides is 3. The standard InChI is InChI=1S/C10H14NTe.CHF3O3S/c1-11(2)10(12-3)9-7-5-4-6-8-9;2-1(3,4)8(5,6)7/h4-8H,1-3H3;(H,5,6,7)/q+1;/p-1. The first-order valence-electron chi connectivity index (χ1n) is 5.16. The Hall–Kier alpha value is -0.620. The largest absolute Gasteiger partial charge is 0.741 e. The van der Waals surface area contributed by atoms with Crippen molar-refractivity contribution in [3.8, 4) is 0 Å². The van der Waals surface area contributed by atoms with Crippen LogP contribution in [0.1, 0.15) is 5.56 Å². The summed E-state index contributed by atoms with van der Waals surface area (Å²) in [4.78, 5) is 2.31. The topological polar surface area (TPSA) is 60.2 Å². The smallest absolute Gasteiger partial charge is 0.485 e. The van der Waals surface area contributed by atoms with Crippen molar-refractivity contribution in [3.05, 3.63) is 35.9 Å². The van der Waals surface area contributed by atoms with Crippen molar-refractivity contribution in [2.24, 2.45) is 0 Å². The first kappa shape index (κ1) is 19.4. The number of benzene rings is 1. The van der Waals surface area contributed by atoms with Gasteiger partial charge >= 0.3 is 89.7 Å². The van der Waals surface area contributed by atoms with E-state index in [0.29, 0.717) is 0 Å². The van der Waals surface area contributed by atoms with Gasteiger partial charge < -0.3 is 4.55 Å². The predicted octanol–water partition coefficient (Wildman–Crippen LogP) is 1.51. The summed E-state index contributed by atoms with van der Waals surface area (Å²) in [6, 6.07) is 10.6. The Morgan fingerprint density at radius 3 is 1.85 bits per heavy atom. The van der Waals surface area contributed by atoms with Crippen molar-refractivity contribution in [1.29, 1.82) is 0 Å². The minimum atomic E-state index is -6.09. The van der Waals surface area contributed by atoms with E-state index < -0.39 is 15.6 Å². The van der Waals surface area contributed by atoms with Crippen molar-refractivity contribution in [3.63, 3.8) is 0 Å². The van der Waals surface area contributed by atoms with Gasteiger partial charge in [0.05, 0.1) is 0 Å². The van der Waals surface area contributed by atoms with Crippen molar-refractivity contribution < 1.29 is 30.7 Å². The summed E-state index contributed by atoms with van der Waals surface area (Å²) in [5.74, 6) is 0. The number of hydrogen-bond acceptors (Lipinski definition) is 3. The van der Waals surface area contributed by atoms with Crippen LogP contribution in [-0.4, -0.2) is 61.8 Å². The van der Waals surface area contributed by atoms with Crippen LogP contribution >= 0.6 is 0 Å². The van der Waals surface area contributed by atoms with E-state index in [9.17, 15) is 13.2 Å². The third-order valence-electron chi connectivity index (χ3n) is 1.90. The first-order valence-corrected chi connectivity index (χ1v) is 10.1. The molecule has 1 aromatic rings. The molecular weight excluding hydrogens is 411 g/mol. The third-order valence-corrected chi connectivity index (χ3v) is 5.29. The Bertz CT molecular complexity index is 552. The molecule has 0 heterocycles. The fraction of sp³-hybridized carbons (Fsp3) is 0.364. The van der Waals surface area contributed by atoms with Gasteiger partial charge in [0.25, 0.3) is 0 Å². The van der Waals surface area contributed by atoms with Gasteiger partial charge in [-0.25, -0.2) is 8.42 Å². The van der Waals surface area contributed by atoms with Crippen LogP contribution in [0, 0.1) is 0 Å². The van der Waals surface area contributed by atoms with Crippen LogP contribution in [0.4, 0.5) is 13.2 Å². The van der Waals surface area contributed by atoms with E-state index in [0.717, 1.165) is 0 Å². The maximum absolute atomic E-state index is 10.7. The second-order valence-electron chi connectivity index (χ2n) is 3.67. The van der Waals surface area contributed by atoms with Crippen molar-refractivity contribution in [2.45, 2.75) is 10.5 Å². The maximum atomic E-state index is 10.7. The minimum absolute atomic E-state index is 0.00123. The van der Waals surface area contributed by atoms with Crippen molar-refractivity contribution >= 4 is 34.8 Å². The molecule has 0 aromatic heterocycles. The van der Waals surface area contributed by atoms with Gasteiger partial charge in [-0.2, -0.15) is 13.2 Å². The molecular formula is C11H14F3NO3STe. The van der Waals surface area contributed by atoms with Gasteiger partial charge in [-0.15, -0.1) is 0 Å². The molecule has 0 saturated carbocycles. The van der Waals surface area contributed by atoms with Crippen molar-refractivity contribution in [2.75, 3.05) is 14.1 Å². The molecule has 0 aliphatic rings. The maximum Gasteiger partial charge on any atom is 0.485 e. The molecule has 0 fully saturated rings. The zero-order valence-electron chi connectivity index (χ0n) is 11.0. The van der Waals surface area contributed by atoms with Crippen LogP contribution < -0.4 is 0 Å². The number of nitrogens with zero attached hydrogens (tertiary/aromatic N) is 1. The monoisotopic (exact) mass is 427 g/mol. The average molecular weight is 425 g/mol. The summed E-state index contributed by atoms with van der Waals surface area (Å²) in [7, 11) is -1.85. The molecule has 0 saturated heterocycles. The molecule has 0 aliphatic carbocycles. The Morgan fingerprint density at radius 1 is 1.20 bits per heavy atom. The molecule has 0 aliphatic heterocycles. The van der Waals surface area contributed by atoms with E-state index in [1.54, 1.807) is 0 Å². The van der Waals surface area contributed by atoms with Gasteiger partial charge in [0.15, 0.2) is 10.1 Å². The minimum Gasteiger partial charge on any atom is -0.741 e. The van der Waals surface area contributed by atoms with Crippen LogP contribution in [0.15, 0.2) is 30.3 Å². The van der Waals surface area contributed by atoms with Gasteiger partial charge in [0.1, 0.15) is 0 Å².